The highest BCUT2D eigenvalue weighted by molar-refractivity contribution is 7.99. The molecule has 2 heteroatoms. The van der Waals surface area contributed by atoms with Gasteiger partial charge in [0.25, 0.3) is 0 Å². The van der Waals surface area contributed by atoms with Gasteiger partial charge in [-0.2, -0.15) is 11.8 Å². The Morgan fingerprint density at radius 1 is 1.38 bits per heavy atom. The van der Waals surface area contributed by atoms with Crippen LogP contribution in [0.1, 0.15) is 19.8 Å². The molecular formula is C11H15FS. The summed E-state index contributed by atoms with van der Waals surface area (Å²) in [4.78, 5) is 0. The Morgan fingerprint density at radius 3 is 2.92 bits per heavy atom. The molecule has 0 aliphatic heterocycles. The maximum absolute atomic E-state index is 13.3. The van der Waals surface area contributed by atoms with Gasteiger partial charge in [-0.15, -0.1) is 0 Å². The maximum atomic E-state index is 13.3. The van der Waals surface area contributed by atoms with Crippen molar-refractivity contribution in [3.63, 3.8) is 0 Å². The summed E-state index contributed by atoms with van der Waals surface area (Å²) < 4.78 is 13.3. The van der Waals surface area contributed by atoms with Gasteiger partial charge in [-0.05, 0) is 30.2 Å². The third-order valence-corrected chi connectivity index (χ3v) is 2.98. The lowest BCUT2D eigenvalue weighted by Crippen LogP contribution is -1.87. The summed E-state index contributed by atoms with van der Waals surface area (Å²) in [6.07, 6.45) is 9.32. The van der Waals surface area contributed by atoms with Crippen LogP contribution in [0.2, 0.25) is 0 Å². The summed E-state index contributed by atoms with van der Waals surface area (Å²) in [6.45, 7) is 2.14. The predicted octanol–water partition coefficient (Wildman–Crippen LogP) is 3.87. The van der Waals surface area contributed by atoms with Crippen LogP contribution < -0.4 is 0 Å². The van der Waals surface area contributed by atoms with Gasteiger partial charge in [0.2, 0.25) is 0 Å². The van der Waals surface area contributed by atoms with Crippen LogP contribution in [0.3, 0.4) is 0 Å². The van der Waals surface area contributed by atoms with Crippen molar-refractivity contribution in [3.8, 4) is 0 Å². The largest absolute Gasteiger partial charge is 0.207 e. The van der Waals surface area contributed by atoms with Gasteiger partial charge in [0.05, 0.1) is 0 Å². The summed E-state index contributed by atoms with van der Waals surface area (Å²) in [6, 6.07) is 0. The molecule has 0 heterocycles. The van der Waals surface area contributed by atoms with Crippen LogP contribution in [0.25, 0.3) is 0 Å². The predicted molar refractivity (Wildman–Crippen MR) is 58.6 cm³/mol. The standard InChI is InChI=1S/C11H15FS/c1-2-8-13-9-10-6-4-3-5-7-11(10)12/h4-7H,2-3,8-9H2,1H3. The molecular weight excluding hydrogens is 183 g/mol. The van der Waals surface area contributed by atoms with E-state index in [9.17, 15) is 4.39 Å². The second-order valence-electron chi connectivity index (χ2n) is 2.97. The Kier molecular flexibility index (Phi) is 4.91. The number of thioether (sulfide) groups is 1. The van der Waals surface area contributed by atoms with Gasteiger partial charge in [0, 0.05) is 5.75 Å². The van der Waals surface area contributed by atoms with Gasteiger partial charge in [-0.1, -0.05) is 25.2 Å². The minimum absolute atomic E-state index is 0.0719. The van der Waals surface area contributed by atoms with Crippen molar-refractivity contribution in [3.05, 3.63) is 35.7 Å². The minimum Gasteiger partial charge on any atom is -0.207 e. The highest BCUT2D eigenvalue weighted by Crippen LogP contribution is 2.19. The van der Waals surface area contributed by atoms with Crippen LogP contribution in [-0.2, 0) is 0 Å². The summed E-state index contributed by atoms with van der Waals surface area (Å²) >= 11 is 1.79. The molecule has 0 bridgehead atoms. The molecule has 13 heavy (non-hydrogen) atoms. The van der Waals surface area contributed by atoms with Crippen molar-refractivity contribution in [1.29, 1.82) is 0 Å². The molecule has 1 rings (SSSR count). The first kappa shape index (κ1) is 10.6. The van der Waals surface area contributed by atoms with Crippen LogP contribution >= 0.6 is 11.8 Å². The molecule has 1 aliphatic rings. The smallest absolute Gasteiger partial charge is 0.126 e. The highest BCUT2D eigenvalue weighted by atomic mass is 32.2. The minimum atomic E-state index is -0.0719. The Balaban J connectivity index is 2.49. The molecule has 0 aromatic rings. The molecule has 72 valence electrons. The van der Waals surface area contributed by atoms with Gasteiger partial charge in [-0.3, -0.25) is 0 Å². The molecule has 0 atom stereocenters. The fraction of sp³-hybridized carbons (Fsp3) is 0.455. The topological polar surface area (TPSA) is 0 Å². The lowest BCUT2D eigenvalue weighted by atomic mass is 10.2. The lowest BCUT2D eigenvalue weighted by Gasteiger charge is -2.01. The zero-order valence-corrected chi connectivity index (χ0v) is 8.74. The first-order valence-corrected chi connectivity index (χ1v) is 5.79. The highest BCUT2D eigenvalue weighted by Gasteiger charge is 2.02. The van der Waals surface area contributed by atoms with Crippen molar-refractivity contribution < 1.29 is 4.39 Å². The van der Waals surface area contributed by atoms with E-state index in [1.54, 1.807) is 17.8 Å². The second-order valence-corrected chi connectivity index (χ2v) is 4.07. The Labute approximate surface area is 83.6 Å². The van der Waals surface area contributed by atoms with Crippen LogP contribution in [0.15, 0.2) is 35.7 Å². The molecule has 0 saturated carbocycles. The van der Waals surface area contributed by atoms with Crippen LogP contribution in [-0.4, -0.2) is 11.5 Å². The van der Waals surface area contributed by atoms with Gasteiger partial charge in [0.15, 0.2) is 0 Å². The number of halogens is 1. The van der Waals surface area contributed by atoms with Crippen LogP contribution in [0.4, 0.5) is 4.39 Å². The summed E-state index contributed by atoms with van der Waals surface area (Å²) in [7, 11) is 0. The number of hydrogen-bond donors (Lipinski definition) is 0. The van der Waals surface area contributed by atoms with Crippen molar-refractivity contribution in [1.82, 2.24) is 0 Å². The molecule has 0 nitrogen and oxygen atoms in total. The Hall–Kier alpha value is -0.500. The van der Waals surface area contributed by atoms with E-state index in [0.29, 0.717) is 0 Å². The van der Waals surface area contributed by atoms with E-state index in [1.165, 1.54) is 0 Å². The van der Waals surface area contributed by atoms with E-state index in [-0.39, 0.29) is 5.83 Å². The second kappa shape index (κ2) is 6.03. The fourth-order valence-electron chi connectivity index (χ4n) is 1.09. The molecule has 1 aliphatic carbocycles. The van der Waals surface area contributed by atoms with Gasteiger partial charge < -0.3 is 0 Å². The normalized spacial score (nSPS) is 16.5. The Morgan fingerprint density at radius 2 is 2.15 bits per heavy atom. The third-order valence-electron chi connectivity index (χ3n) is 1.77. The van der Waals surface area contributed by atoms with E-state index in [2.05, 4.69) is 6.92 Å². The van der Waals surface area contributed by atoms with E-state index in [0.717, 1.165) is 29.9 Å². The molecule has 0 aromatic heterocycles. The quantitative estimate of drug-likeness (QED) is 0.618. The third kappa shape index (κ3) is 3.81. The van der Waals surface area contributed by atoms with Gasteiger partial charge in [0.1, 0.15) is 5.83 Å². The van der Waals surface area contributed by atoms with Crippen molar-refractivity contribution in [2.24, 2.45) is 0 Å². The lowest BCUT2D eigenvalue weighted by molar-refractivity contribution is 0.659. The van der Waals surface area contributed by atoms with E-state index in [4.69, 9.17) is 0 Å². The first-order valence-electron chi connectivity index (χ1n) is 4.64. The first-order chi connectivity index (χ1) is 6.34. The van der Waals surface area contributed by atoms with Crippen molar-refractivity contribution in [2.75, 3.05) is 11.5 Å². The van der Waals surface area contributed by atoms with Gasteiger partial charge >= 0.3 is 0 Å². The van der Waals surface area contributed by atoms with E-state index < -0.39 is 0 Å². The Bertz CT molecular complexity index is 238. The molecule has 0 radical (unpaired) electrons. The van der Waals surface area contributed by atoms with Crippen LogP contribution in [0, 0.1) is 0 Å². The van der Waals surface area contributed by atoms with E-state index >= 15 is 0 Å². The summed E-state index contributed by atoms with van der Waals surface area (Å²) in [5, 5.41) is 0. The molecule has 0 aromatic carbocycles. The number of allylic oxidation sites excluding steroid dienone is 5. The number of hydrogen-bond acceptors (Lipinski definition) is 1. The zero-order valence-electron chi connectivity index (χ0n) is 7.92. The molecule has 0 saturated heterocycles. The maximum Gasteiger partial charge on any atom is 0.126 e. The molecule has 0 unspecified atom stereocenters. The van der Waals surface area contributed by atoms with Crippen LogP contribution in [0.5, 0.6) is 0 Å². The average Bonchev–Trinajstić information content (AvgIpc) is 2.32. The van der Waals surface area contributed by atoms with E-state index in [1.807, 2.05) is 18.2 Å². The van der Waals surface area contributed by atoms with Crippen molar-refractivity contribution in [2.45, 2.75) is 19.8 Å². The average molecular weight is 198 g/mol. The number of rotatable bonds is 4. The van der Waals surface area contributed by atoms with Crippen molar-refractivity contribution >= 4 is 11.8 Å². The molecule has 0 amide bonds. The molecule has 0 spiro atoms. The molecule has 0 fully saturated rings. The SMILES string of the molecule is CCCSCC1=C(F)C=CCC=C1. The summed E-state index contributed by atoms with van der Waals surface area (Å²) in [5.74, 6) is 1.83. The van der Waals surface area contributed by atoms with Gasteiger partial charge in [-0.25, -0.2) is 4.39 Å². The monoisotopic (exact) mass is 198 g/mol. The summed E-state index contributed by atoms with van der Waals surface area (Å²) in [5.41, 5.74) is 0.826. The fourth-order valence-corrected chi connectivity index (χ4v) is 1.98. The molecule has 0 N–H and O–H groups in total. The zero-order chi connectivity index (χ0) is 9.52.